The highest BCUT2D eigenvalue weighted by Gasteiger charge is 2.26. The molecule has 0 unspecified atom stereocenters. The van der Waals surface area contributed by atoms with E-state index in [0.717, 1.165) is 31.1 Å². The summed E-state index contributed by atoms with van der Waals surface area (Å²) in [5.41, 5.74) is 7.35. The Hall–Kier alpha value is -3.46. The largest absolute Gasteiger partial charge is 0.490 e. The van der Waals surface area contributed by atoms with E-state index >= 15 is 0 Å². The fourth-order valence-corrected chi connectivity index (χ4v) is 4.02. The Morgan fingerprint density at radius 2 is 1.97 bits per heavy atom. The molecule has 4 rings (SSSR count). The van der Waals surface area contributed by atoms with E-state index in [1.54, 1.807) is 18.3 Å². The molecule has 0 bridgehead atoms. The lowest BCUT2D eigenvalue weighted by molar-refractivity contribution is 0.1000. The Balaban J connectivity index is 1.49. The maximum absolute atomic E-state index is 14.3. The van der Waals surface area contributed by atoms with Gasteiger partial charge in [-0.3, -0.25) is 9.78 Å². The van der Waals surface area contributed by atoms with Gasteiger partial charge in [0.05, 0.1) is 17.2 Å². The van der Waals surface area contributed by atoms with Crippen LogP contribution < -0.4 is 10.5 Å². The van der Waals surface area contributed by atoms with E-state index in [2.05, 4.69) is 11.1 Å². The number of rotatable bonds is 4. The van der Waals surface area contributed by atoms with Crippen LogP contribution in [0, 0.1) is 17.1 Å². The normalized spacial score (nSPS) is 18.9. The first kappa shape index (κ1) is 18.9. The van der Waals surface area contributed by atoms with Crippen LogP contribution in [0.25, 0.3) is 10.9 Å². The molecule has 1 aliphatic carbocycles. The summed E-state index contributed by atoms with van der Waals surface area (Å²) in [5.74, 6) is -0.112. The SMILES string of the molecule is N#Cc1cccc2c(OC3CCC(c4cc(C(N)=O)ccc4F)CC3)ccnc12. The summed E-state index contributed by atoms with van der Waals surface area (Å²) in [6.07, 6.45) is 4.71. The van der Waals surface area contributed by atoms with Crippen LogP contribution in [0.4, 0.5) is 4.39 Å². The summed E-state index contributed by atoms with van der Waals surface area (Å²) in [4.78, 5) is 15.7. The number of hydrogen-bond donors (Lipinski definition) is 1. The quantitative estimate of drug-likeness (QED) is 0.714. The van der Waals surface area contributed by atoms with Gasteiger partial charge < -0.3 is 10.5 Å². The van der Waals surface area contributed by atoms with E-state index < -0.39 is 5.91 Å². The number of pyridine rings is 1. The predicted octanol–water partition coefficient (Wildman–Crippen LogP) is 4.45. The van der Waals surface area contributed by atoms with Gasteiger partial charge in [-0.1, -0.05) is 6.07 Å². The van der Waals surface area contributed by atoms with Crippen molar-refractivity contribution in [3.8, 4) is 11.8 Å². The third kappa shape index (κ3) is 3.77. The van der Waals surface area contributed by atoms with Gasteiger partial charge in [-0.05, 0) is 73.6 Å². The van der Waals surface area contributed by atoms with Crippen LogP contribution in [0.3, 0.4) is 0 Å². The van der Waals surface area contributed by atoms with Crippen molar-refractivity contribution in [2.45, 2.75) is 37.7 Å². The molecular formula is C23H20FN3O2. The summed E-state index contributed by atoms with van der Waals surface area (Å²) in [7, 11) is 0. The standard InChI is InChI=1S/C23H20FN3O2/c24-20-9-6-15(23(26)28)12-19(20)14-4-7-17(8-5-14)29-21-10-11-27-22-16(13-25)2-1-3-18(21)22/h1-3,6,9-12,14,17H,4-5,7-8H2,(H2,26,28). The topological polar surface area (TPSA) is 89.0 Å². The average Bonchev–Trinajstić information content (AvgIpc) is 2.74. The number of nitriles is 1. The van der Waals surface area contributed by atoms with Crippen LogP contribution in [0.2, 0.25) is 0 Å². The van der Waals surface area contributed by atoms with Crippen LogP contribution in [0.5, 0.6) is 5.75 Å². The maximum atomic E-state index is 14.3. The number of aromatic nitrogens is 1. The molecule has 1 amide bonds. The Morgan fingerprint density at radius 3 is 2.69 bits per heavy atom. The van der Waals surface area contributed by atoms with E-state index in [-0.39, 0.29) is 17.8 Å². The highest BCUT2D eigenvalue weighted by molar-refractivity contribution is 5.93. The number of hydrogen-bond acceptors (Lipinski definition) is 4. The summed E-state index contributed by atoms with van der Waals surface area (Å²) < 4.78 is 20.5. The number of para-hydroxylation sites is 1. The van der Waals surface area contributed by atoms with E-state index in [9.17, 15) is 14.4 Å². The number of amides is 1. The zero-order chi connectivity index (χ0) is 20.4. The summed E-state index contributed by atoms with van der Waals surface area (Å²) in [6, 6.07) is 13.7. The number of nitrogens with zero attached hydrogens (tertiary/aromatic N) is 2. The fourth-order valence-electron chi connectivity index (χ4n) is 4.02. The smallest absolute Gasteiger partial charge is 0.248 e. The average molecular weight is 389 g/mol. The van der Waals surface area contributed by atoms with E-state index in [1.165, 1.54) is 12.1 Å². The van der Waals surface area contributed by atoms with Gasteiger partial charge in [0.15, 0.2) is 0 Å². The first-order valence-corrected chi connectivity index (χ1v) is 9.60. The minimum absolute atomic E-state index is 0.00461. The van der Waals surface area contributed by atoms with Crippen molar-refractivity contribution >= 4 is 16.8 Å². The molecule has 29 heavy (non-hydrogen) atoms. The molecule has 1 heterocycles. The van der Waals surface area contributed by atoms with Gasteiger partial charge in [-0.25, -0.2) is 4.39 Å². The molecule has 1 fully saturated rings. The molecule has 1 aliphatic rings. The molecule has 2 N–H and O–H groups in total. The van der Waals surface area contributed by atoms with Crippen molar-refractivity contribution in [3.63, 3.8) is 0 Å². The van der Waals surface area contributed by atoms with Crippen molar-refractivity contribution < 1.29 is 13.9 Å². The third-order valence-corrected chi connectivity index (χ3v) is 5.54. The lowest BCUT2D eigenvalue weighted by Crippen LogP contribution is -2.24. The molecule has 6 heteroatoms. The molecule has 146 valence electrons. The van der Waals surface area contributed by atoms with Gasteiger partial charge in [0.2, 0.25) is 5.91 Å². The number of halogens is 1. The van der Waals surface area contributed by atoms with Crippen molar-refractivity contribution in [3.05, 3.63) is 71.2 Å². The fraction of sp³-hybridized carbons (Fsp3) is 0.261. The number of carbonyl (C=O) groups is 1. The van der Waals surface area contributed by atoms with Crippen molar-refractivity contribution in [1.29, 1.82) is 5.26 Å². The second-order valence-corrected chi connectivity index (χ2v) is 7.31. The third-order valence-electron chi connectivity index (χ3n) is 5.54. The molecule has 3 aromatic rings. The number of fused-ring (bicyclic) bond motifs is 1. The predicted molar refractivity (Wildman–Crippen MR) is 107 cm³/mol. The highest BCUT2D eigenvalue weighted by atomic mass is 19.1. The minimum atomic E-state index is -0.551. The number of benzene rings is 2. The van der Waals surface area contributed by atoms with Gasteiger partial charge in [-0.2, -0.15) is 5.26 Å². The van der Waals surface area contributed by atoms with Gasteiger partial charge in [0, 0.05) is 17.1 Å². The first-order valence-electron chi connectivity index (χ1n) is 9.60. The number of ether oxygens (including phenoxy) is 1. The van der Waals surface area contributed by atoms with Gasteiger partial charge in [0.25, 0.3) is 0 Å². The highest BCUT2D eigenvalue weighted by Crippen LogP contribution is 2.37. The molecule has 0 saturated heterocycles. The molecule has 5 nitrogen and oxygen atoms in total. The molecule has 1 aromatic heterocycles. The van der Waals surface area contributed by atoms with E-state index in [4.69, 9.17) is 10.5 Å². The van der Waals surface area contributed by atoms with Crippen molar-refractivity contribution in [2.24, 2.45) is 5.73 Å². The first-order chi connectivity index (χ1) is 14.1. The number of carbonyl (C=O) groups excluding carboxylic acids is 1. The van der Waals surface area contributed by atoms with Crippen molar-refractivity contribution in [2.75, 3.05) is 0 Å². The molecular weight excluding hydrogens is 369 g/mol. The Morgan fingerprint density at radius 1 is 1.17 bits per heavy atom. The lowest BCUT2D eigenvalue weighted by atomic mass is 9.82. The van der Waals surface area contributed by atoms with Crippen LogP contribution >= 0.6 is 0 Å². The lowest BCUT2D eigenvalue weighted by Gasteiger charge is -2.30. The van der Waals surface area contributed by atoms with Gasteiger partial charge in [-0.15, -0.1) is 0 Å². The van der Waals surface area contributed by atoms with Gasteiger partial charge >= 0.3 is 0 Å². The molecule has 0 radical (unpaired) electrons. The Bertz CT molecular complexity index is 1110. The van der Waals surface area contributed by atoms with Crippen LogP contribution in [0.15, 0.2) is 48.7 Å². The summed E-state index contributed by atoms with van der Waals surface area (Å²) in [5, 5.41) is 10.1. The van der Waals surface area contributed by atoms with Crippen LogP contribution in [0.1, 0.15) is 53.1 Å². The molecule has 1 saturated carbocycles. The Kier molecular flexibility index (Phi) is 5.13. The monoisotopic (exact) mass is 389 g/mol. The number of primary amides is 1. The van der Waals surface area contributed by atoms with E-state index in [0.29, 0.717) is 28.0 Å². The minimum Gasteiger partial charge on any atom is -0.490 e. The maximum Gasteiger partial charge on any atom is 0.248 e. The molecule has 0 spiro atoms. The Labute approximate surface area is 167 Å². The molecule has 0 aliphatic heterocycles. The number of nitrogens with two attached hydrogens (primary N) is 1. The zero-order valence-electron chi connectivity index (χ0n) is 15.8. The van der Waals surface area contributed by atoms with Crippen molar-refractivity contribution in [1.82, 2.24) is 4.98 Å². The summed E-state index contributed by atoms with van der Waals surface area (Å²) >= 11 is 0. The molecule has 2 aromatic carbocycles. The second kappa shape index (κ2) is 7.88. The van der Waals surface area contributed by atoms with Crippen LogP contribution in [-0.2, 0) is 0 Å². The summed E-state index contributed by atoms with van der Waals surface area (Å²) in [6.45, 7) is 0. The van der Waals surface area contributed by atoms with E-state index in [1.807, 2.05) is 18.2 Å². The van der Waals surface area contributed by atoms with Gasteiger partial charge in [0.1, 0.15) is 17.6 Å². The zero-order valence-corrected chi connectivity index (χ0v) is 15.8. The molecule has 0 atom stereocenters. The van der Waals surface area contributed by atoms with Crippen LogP contribution in [-0.4, -0.2) is 17.0 Å². The second-order valence-electron chi connectivity index (χ2n) is 7.31.